The maximum absolute atomic E-state index is 13.2. The smallest absolute Gasteiger partial charge is 0.123 e. The molecular weight excluding hydrogens is 303 g/mol. The van der Waals surface area contributed by atoms with Gasteiger partial charge in [-0.3, -0.25) is 4.98 Å². The second kappa shape index (κ2) is 8.83. The number of hydrogen-bond donors (Lipinski definition) is 1. The highest BCUT2D eigenvalue weighted by Crippen LogP contribution is 2.35. The number of nitrogens with one attached hydrogen (secondary N) is 1. The molecule has 1 aliphatic heterocycles. The molecule has 1 aromatic heterocycles. The molecule has 2 aromatic rings. The summed E-state index contributed by atoms with van der Waals surface area (Å²) in [4.78, 5) is 4.54. The Morgan fingerprint density at radius 1 is 1.05 bits per heavy atom. The Balaban J connectivity index is 0.00000121. The lowest BCUT2D eigenvalue weighted by atomic mass is 9.78. The number of nitrogens with zero attached hydrogens (tertiary/aromatic N) is 1. The molecule has 1 unspecified atom stereocenters. The summed E-state index contributed by atoms with van der Waals surface area (Å²) < 4.78 is 13.2. The van der Waals surface area contributed by atoms with Gasteiger partial charge in [-0.1, -0.05) is 18.2 Å². The van der Waals surface area contributed by atoms with Gasteiger partial charge in [-0.2, -0.15) is 0 Å². The lowest BCUT2D eigenvalue weighted by molar-refractivity contribution is 0.339. The van der Waals surface area contributed by atoms with Crippen LogP contribution >= 0.6 is 12.4 Å². The molecule has 0 saturated carbocycles. The standard InChI is InChI=1S/C17H19FN2.ClH.H2O/c18-15-6-4-13(5-7-15)17(14-8-11-19-12-9-14)16-3-1-2-10-20-16;;/h1-7,10,14,17,19H,8-9,11-12H2;1H;1H2. The second-order valence-corrected chi connectivity index (χ2v) is 5.37. The first-order chi connectivity index (χ1) is 9.84. The third-order valence-corrected chi connectivity index (χ3v) is 4.09. The van der Waals surface area contributed by atoms with Crippen molar-refractivity contribution in [1.82, 2.24) is 10.3 Å². The van der Waals surface area contributed by atoms with Gasteiger partial charge >= 0.3 is 0 Å². The zero-order valence-electron chi connectivity index (χ0n) is 12.3. The zero-order valence-corrected chi connectivity index (χ0v) is 13.2. The van der Waals surface area contributed by atoms with Gasteiger partial charge in [-0.15, -0.1) is 12.4 Å². The van der Waals surface area contributed by atoms with E-state index in [1.165, 1.54) is 0 Å². The lowest BCUT2D eigenvalue weighted by Crippen LogP contribution is -2.31. The Morgan fingerprint density at radius 2 is 1.73 bits per heavy atom. The quantitative estimate of drug-likeness (QED) is 0.943. The number of rotatable bonds is 3. The number of aromatic nitrogens is 1. The SMILES string of the molecule is Cl.Fc1ccc(C(c2ccccn2)C2CCNCC2)cc1.O. The fourth-order valence-electron chi connectivity index (χ4n) is 3.09. The molecule has 5 heteroatoms. The molecule has 0 aliphatic carbocycles. The highest BCUT2D eigenvalue weighted by atomic mass is 35.5. The van der Waals surface area contributed by atoms with Crippen LogP contribution in [0.1, 0.15) is 30.0 Å². The maximum Gasteiger partial charge on any atom is 0.123 e. The molecule has 0 spiro atoms. The van der Waals surface area contributed by atoms with Gasteiger partial charge in [0.25, 0.3) is 0 Å². The van der Waals surface area contributed by atoms with Crippen molar-refractivity contribution in [2.24, 2.45) is 5.92 Å². The molecule has 120 valence electrons. The normalized spacial score (nSPS) is 16.2. The predicted octanol–water partition coefficient (Wildman–Crippen LogP) is 2.95. The summed E-state index contributed by atoms with van der Waals surface area (Å²) in [5.74, 6) is 0.648. The largest absolute Gasteiger partial charge is 0.412 e. The van der Waals surface area contributed by atoms with E-state index >= 15 is 0 Å². The zero-order chi connectivity index (χ0) is 13.8. The second-order valence-electron chi connectivity index (χ2n) is 5.37. The van der Waals surface area contributed by atoms with Gasteiger partial charge in [-0.25, -0.2) is 4.39 Å². The van der Waals surface area contributed by atoms with Gasteiger partial charge in [-0.05, 0) is 61.7 Å². The molecule has 0 amide bonds. The minimum atomic E-state index is -0.182. The summed E-state index contributed by atoms with van der Waals surface area (Å²) in [5, 5.41) is 3.40. The Bertz CT molecular complexity index is 544. The third kappa shape index (κ3) is 4.26. The van der Waals surface area contributed by atoms with Gasteiger partial charge in [0.05, 0.1) is 0 Å². The van der Waals surface area contributed by atoms with Gasteiger partial charge in [0.15, 0.2) is 0 Å². The van der Waals surface area contributed by atoms with Gasteiger partial charge < -0.3 is 10.8 Å². The first kappa shape index (κ1) is 18.6. The molecule has 0 radical (unpaired) electrons. The first-order valence-corrected chi connectivity index (χ1v) is 7.22. The van der Waals surface area contributed by atoms with Gasteiger partial charge in [0.2, 0.25) is 0 Å². The van der Waals surface area contributed by atoms with Crippen LogP contribution in [-0.4, -0.2) is 23.5 Å². The van der Waals surface area contributed by atoms with Gasteiger partial charge in [0.1, 0.15) is 5.82 Å². The molecule has 22 heavy (non-hydrogen) atoms. The number of piperidine rings is 1. The van der Waals surface area contributed by atoms with E-state index in [0.29, 0.717) is 5.92 Å². The van der Waals surface area contributed by atoms with E-state index in [4.69, 9.17) is 0 Å². The maximum atomic E-state index is 13.2. The highest BCUT2D eigenvalue weighted by Gasteiger charge is 2.27. The van der Waals surface area contributed by atoms with E-state index in [2.05, 4.69) is 16.4 Å². The summed E-state index contributed by atoms with van der Waals surface area (Å²) in [6.45, 7) is 2.10. The molecule has 1 aliphatic rings. The number of benzene rings is 1. The molecule has 2 heterocycles. The Morgan fingerprint density at radius 3 is 2.32 bits per heavy atom. The number of halogens is 2. The Kier molecular flexibility index (Phi) is 7.45. The number of pyridine rings is 1. The van der Waals surface area contributed by atoms with Crippen LogP contribution in [0, 0.1) is 11.7 Å². The van der Waals surface area contributed by atoms with Gasteiger partial charge in [0, 0.05) is 17.8 Å². The minimum absolute atomic E-state index is 0. The van der Waals surface area contributed by atoms with Crippen molar-refractivity contribution < 1.29 is 9.87 Å². The Labute approximate surface area is 136 Å². The van der Waals surface area contributed by atoms with Crippen LogP contribution in [-0.2, 0) is 0 Å². The molecule has 3 rings (SSSR count). The fraction of sp³-hybridized carbons (Fsp3) is 0.353. The van der Waals surface area contributed by atoms with Crippen LogP contribution in [0.15, 0.2) is 48.7 Å². The van der Waals surface area contributed by atoms with Crippen LogP contribution in [0.25, 0.3) is 0 Å². The van der Waals surface area contributed by atoms with Crippen molar-refractivity contribution in [3.63, 3.8) is 0 Å². The molecule has 1 fully saturated rings. The van der Waals surface area contributed by atoms with E-state index in [9.17, 15) is 4.39 Å². The predicted molar refractivity (Wildman–Crippen MR) is 88.9 cm³/mol. The minimum Gasteiger partial charge on any atom is -0.412 e. The summed E-state index contributed by atoms with van der Waals surface area (Å²) in [6, 6.07) is 12.9. The van der Waals surface area contributed by atoms with Crippen molar-refractivity contribution in [2.75, 3.05) is 13.1 Å². The van der Waals surface area contributed by atoms with E-state index in [0.717, 1.165) is 37.2 Å². The van der Waals surface area contributed by atoms with E-state index in [1.54, 1.807) is 12.1 Å². The van der Waals surface area contributed by atoms with E-state index < -0.39 is 0 Å². The van der Waals surface area contributed by atoms with Crippen LogP contribution in [0.3, 0.4) is 0 Å². The highest BCUT2D eigenvalue weighted by molar-refractivity contribution is 5.85. The van der Waals surface area contributed by atoms with Crippen LogP contribution in [0.4, 0.5) is 4.39 Å². The van der Waals surface area contributed by atoms with Crippen molar-refractivity contribution in [3.8, 4) is 0 Å². The summed E-state index contributed by atoms with van der Waals surface area (Å²) >= 11 is 0. The molecule has 1 atom stereocenters. The van der Waals surface area contributed by atoms with E-state index in [-0.39, 0.29) is 29.6 Å². The molecule has 1 aromatic carbocycles. The topological polar surface area (TPSA) is 56.4 Å². The van der Waals surface area contributed by atoms with Crippen LogP contribution in [0.2, 0.25) is 0 Å². The average Bonchev–Trinajstić information content (AvgIpc) is 2.52. The number of hydrogen-bond acceptors (Lipinski definition) is 2. The molecule has 3 N–H and O–H groups in total. The van der Waals surface area contributed by atoms with Crippen LogP contribution in [0.5, 0.6) is 0 Å². The molecular formula is C17H22ClFN2O. The summed E-state index contributed by atoms with van der Waals surface area (Å²) in [5.41, 5.74) is 2.25. The summed E-state index contributed by atoms with van der Waals surface area (Å²) in [7, 11) is 0. The van der Waals surface area contributed by atoms with Crippen molar-refractivity contribution in [2.45, 2.75) is 18.8 Å². The van der Waals surface area contributed by atoms with Crippen molar-refractivity contribution in [3.05, 3.63) is 65.7 Å². The third-order valence-electron chi connectivity index (χ3n) is 4.09. The van der Waals surface area contributed by atoms with Crippen LogP contribution < -0.4 is 5.32 Å². The van der Waals surface area contributed by atoms with Crippen molar-refractivity contribution in [1.29, 1.82) is 0 Å². The first-order valence-electron chi connectivity index (χ1n) is 7.22. The monoisotopic (exact) mass is 324 g/mol. The fourth-order valence-corrected chi connectivity index (χ4v) is 3.09. The average molecular weight is 325 g/mol. The Hall–Kier alpha value is -1.49. The molecule has 1 saturated heterocycles. The van der Waals surface area contributed by atoms with E-state index in [1.807, 2.05) is 30.5 Å². The summed E-state index contributed by atoms with van der Waals surface area (Å²) in [6.07, 6.45) is 4.12. The molecule has 3 nitrogen and oxygen atoms in total. The van der Waals surface area contributed by atoms with Crippen molar-refractivity contribution >= 4 is 12.4 Å². The lowest BCUT2D eigenvalue weighted by Gasteiger charge is -2.30. The molecule has 0 bridgehead atoms.